The zero-order chi connectivity index (χ0) is 13.7. The lowest BCUT2D eigenvalue weighted by Gasteiger charge is -2.31. The smallest absolute Gasteiger partial charge is 0.285 e. The number of aromatic amines is 1. The predicted octanol–water partition coefficient (Wildman–Crippen LogP) is 1.64. The minimum absolute atomic E-state index is 0.243. The number of halogens is 1. The Morgan fingerprint density at radius 2 is 2.42 bits per heavy atom. The van der Waals surface area contributed by atoms with Crippen molar-refractivity contribution in [3.8, 4) is 0 Å². The molecule has 0 amide bonds. The van der Waals surface area contributed by atoms with E-state index in [1.165, 1.54) is 12.8 Å². The molecule has 0 spiro atoms. The molecule has 0 aliphatic carbocycles. The monoisotopic (exact) mass is 284 g/mol. The molecule has 1 saturated heterocycles. The van der Waals surface area contributed by atoms with E-state index in [-0.39, 0.29) is 10.6 Å². The molecule has 1 aliphatic heterocycles. The molecule has 1 aromatic rings. The summed E-state index contributed by atoms with van der Waals surface area (Å²) in [5.41, 5.74) is 0.430. The molecule has 2 heterocycles. The van der Waals surface area contributed by atoms with E-state index in [0.29, 0.717) is 5.92 Å². The number of hydrogen-bond donors (Lipinski definition) is 2. The van der Waals surface area contributed by atoms with Gasteiger partial charge in [0, 0.05) is 13.1 Å². The highest BCUT2D eigenvalue weighted by Crippen LogP contribution is 2.23. The molecule has 2 N–H and O–H groups in total. The van der Waals surface area contributed by atoms with Crippen molar-refractivity contribution in [2.45, 2.75) is 26.2 Å². The highest BCUT2D eigenvalue weighted by Gasteiger charge is 2.19. The third-order valence-corrected chi connectivity index (χ3v) is 3.85. The van der Waals surface area contributed by atoms with Gasteiger partial charge in [-0.1, -0.05) is 18.5 Å². The molecule has 0 bridgehead atoms. The lowest BCUT2D eigenvalue weighted by atomic mass is 9.99. The summed E-state index contributed by atoms with van der Waals surface area (Å²) in [4.78, 5) is 13.7. The molecule has 2 rings (SSSR count). The highest BCUT2D eigenvalue weighted by molar-refractivity contribution is 6.32. The molecule has 1 aromatic heterocycles. The highest BCUT2D eigenvalue weighted by atomic mass is 35.5. The second kappa shape index (κ2) is 6.91. The maximum absolute atomic E-state index is 11.6. The Hall–Kier alpha value is -1.07. The van der Waals surface area contributed by atoms with E-state index in [9.17, 15) is 4.79 Å². The minimum Gasteiger partial charge on any atom is -0.369 e. The van der Waals surface area contributed by atoms with Crippen molar-refractivity contribution >= 4 is 17.3 Å². The van der Waals surface area contributed by atoms with E-state index in [0.717, 1.165) is 38.3 Å². The van der Waals surface area contributed by atoms with Crippen LogP contribution in [0, 0.1) is 5.92 Å². The lowest BCUT2D eigenvalue weighted by Crippen LogP contribution is -2.39. The summed E-state index contributed by atoms with van der Waals surface area (Å²) >= 11 is 6.10. The molecule has 5 nitrogen and oxygen atoms in total. The first-order valence-corrected chi connectivity index (χ1v) is 7.29. The average Bonchev–Trinajstić information content (AvgIpc) is 2.43. The van der Waals surface area contributed by atoms with Crippen LogP contribution in [0.3, 0.4) is 0 Å². The second-order valence-corrected chi connectivity index (χ2v) is 5.43. The Kier molecular flexibility index (Phi) is 5.22. The SMILES string of the molecule is CCCN(CC1CCCNC1)c1cn[nH]c(=O)c1Cl. The molecule has 19 heavy (non-hydrogen) atoms. The Balaban J connectivity index is 2.14. The molecule has 1 unspecified atom stereocenters. The van der Waals surface area contributed by atoms with Crippen LogP contribution in [0.5, 0.6) is 0 Å². The molecule has 106 valence electrons. The van der Waals surface area contributed by atoms with Crippen LogP contribution in [-0.2, 0) is 0 Å². The van der Waals surface area contributed by atoms with E-state index in [1.54, 1.807) is 6.20 Å². The van der Waals surface area contributed by atoms with Crippen molar-refractivity contribution in [1.82, 2.24) is 15.5 Å². The standard InChI is InChI=1S/C13H21ClN4O/c1-2-6-18(9-10-4-3-5-15-7-10)11-8-16-17-13(19)12(11)14/h8,10,15H,2-7,9H2,1H3,(H,17,19). The van der Waals surface area contributed by atoms with Gasteiger partial charge in [0.05, 0.1) is 11.9 Å². The van der Waals surface area contributed by atoms with Gasteiger partial charge >= 0.3 is 0 Å². The fourth-order valence-electron chi connectivity index (χ4n) is 2.57. The van der Waals surface area contributed by atoms with Gasteiger partial charge in [0.1, 0.15) is 5.02 Å². The van der Waals surface area contributed by atoms with Crippen molar-refractivity contribution in [3.63, 3.8) is 0 Å². The topological polar surface area (TPSA) is 61.0 Å². The van der Waals surface area contributed by atoms with Crippen LogP contribution in [0.4, 0.5) is 5.69 Å². The molecule has 0 aromatic carbocycles. The van der Waals surface area contributed by atoms with E-state index < -0.39 is 0 Å². The number of piperidine rings is 1. The first kappa shape index (κ1) is 14.3. The molecule has 1 fully saturated rings. The molecular formula is C13H21ClN4O. The van der Waals surface area contributed by atoms with Crippen molar-refractivity contribution in [3.05, 3.63) is 21.6 Å². The van der Waals surface area contributed by atoms with E-state index in [4.69, 9.17) is 11.6 Å². The summed E-state index contributed by atoms with van der Waals surface area (Å²) < 4.78 is 0. The van der Waals surface area contributed by atoms with Gasteiger partial charge in [0.2, 0.25) is 0 Å². The number of hydrogen-bond acceptors (Lipinski definition) is 4. The van der Waals surface area contributed by atoms with Crippen LogP contribution in [0.15, 0.2) is 11.0 Å². The predicted molar refractivity (Wildman–Crippen MR) is 78.0 cm³/mol. The van der Waals surface area contributed by atoms with Gasteiger partial charge in [0.15, 0.2) is 0 Å². The minimum atomic E-state index is -0.318. The summed E-state index contributed by atoms with van der Waals surface area (Å²) in [5.74, 6) is 0.607. The van der Waals surface area contributed by atoms with E-state index >= 15 is 0 Å². The lowest BCUT2D eigenvalue weighted by molar-refractivity contribution is 0.376. The van der Waals surface area contributed by atoms with Crippen LogP contribution in [0.2, 0.25) is 5.02 Å². The number of rotatable bonds is 5. The molecule has 1 aliphatic rings. The number of H-pyrrole nitrogens is 1. The third-order valence-electron chi connectivity index (χ3n) is 3.49. The summed E-state index contributed by atoms with van der Waals surface area (Å²) in [5, 5.41) is 9.89. The molecular weight excluding hydrogens is 264 g/mol. The number of anilines is 1. The van der Waals surface area contributed by atoms with Crippen LogP contribution in [0.1, 0.15) is 26.2 Å². The van der Waals surface area contributed by atoms with Crippen molar-refractivity contribution in [2.75, 3.05) is 31.1 Å². The largest absolute Gasteiger partial charge is 0.369 e. The zero-order valence-corrected chi connectivity index (χ0v) is 12.0. The Labute approximate surface area is 118 Å². The van der Waals surface area contributed by atoms with Crippen molar-refractivity contribution in [1.29, 1.82) is 0 Å². The van der Waals surface area contributed by atoms with Crippen molar-refractivity contribution < 1.29 is 0 Å². The summed E-state index contributed by atoms with van der Waals surface area (Å²) in [6.07, 6.45) is 5.10. The first-order valence-electron chi connectivity index (χ1n) is 6.91. The summed E-state index contributed by atoms with van der Waals surface area (Å²) in [6, 6.07) is 0. The van der Waals surface area contributed by atoms with Gasteiger partial charge < -0.3 is 10.2 Å². The van der Waals surface area contributed by atoms with Gasteiger partial charge in [0.25, 0.3) is 5.56 Å². The normalized spacial score (nSPS) is 19.4. The Morgan fingerprint density at radius 1 is 1.58 bits per heavy atom. The molecule has 1 atom stereocenters. The maximum Gasteiger partial charge on any atom is 0.285 e. The van der Waals surface area contributed by atoms with Crippen LogP contribution in [0.25, 0.3) is 0 Å². The van der Waals surface area contributed by atoms with Gasteiger partial charge in [-0.3, -0.25) is 4.79 Å². The van der Waals surface area contributed by atoms with Gasteiger partial charge in [-0.15, -0.1) is 0 Å². The quantitative estimate of drug-likeness (QED) is 0.863. The molecule has 0 saturated carbocycles. The van der Waals surface area contributed by atoms with E-state index in [1.807, 2.05) is 0 Å². The summed E-state index contributed by atoms with van der Waals surface area (Å²) in [7, 11) is 0. The van der Waals surface area contributed by atoms with Crippen molar-refractivity contribution in [2.24, 2.45) is 5.92 Å². The first-order chi connectivity index (χ1) is 9.22. The zero-order valence-electron chi connectivity index (χ0n) is 11.3. The molecule has 6 heteroatoms. The Morgan fingerprint density at radius 3 is 3.11 bits per heavy atom. The fraction of sp³-hybridized carbons (Fsp3) is 0.692. The van der Waals surface area contributed by atoms with Gasteiger partial charge in [-0.2, -0.15) is 5.10 Å². The fourth-order valence-corrected chi connectivity index (χ4v) is 2.78. The summed E-state index contributed by atoms with van der Waals surface area (Å²) in [6.45, 7) is 6.08. The van der Waals surface area contributed by atoms with Crippen LogP contribution >= 0.6 is 11.6 Å². The third kappa shape index (κ3) is 3.70. The van der Waals surface area contributed by atoms with Gasteiger partial charge in [-0.05, 0) is 38.3 Å². The van der Waals surface area contributed by atoms with Crippen LogP contribution in [-0.4, -0.2) is 36.4 Å². The molecule has 0 radical (unpaired) electrons. The van der Waals surface area contributed by atoms with Crippen LogP contribution < -0.4 is 15.8 Å². The van der Waals surface area contributed by atoms with Gasteiger partial charge in [-0.25, -0.2) is 5.10 Å². The number of nitrogens with zero attached hydrogens (tertiary/aromatic N) is 2. The maximum atomic E-state index is 11.6. The number of nitrogens with one attached hydrogen (secondary N) is 2. The Bertz CT molecular complexity index is 456. The average molecular weight is 285 g/mol. The number of aromatic nitrogens is 2. The van der Waals surface area contributed by atoms with E-state index in [2.05, 4.69) is 27.3 Å². The second-order valence-electron chi connectivity index (χ2n) is 5.06.